The van der Waals surface area contributed by atoms with Gasteiger partial charge >= 0.3 is 6.55 Å². The van der Waals surface area contributed by atoms with Crippen LogP contribution < -0.4 is 0 Å². The second-order valence-corrected chi connectivity index (χ2v) is 7.94. The number of carbonyl (C=O) groups excluding carboxylic acids is 1. The highest BCUT2D eigenvalue weighted by atomic mass is 19.3. The molecule has 0 atom stereocenters. The number of imidazole rings is 1. The maximum absolute atomic E-state index is 13.5. The number of nitrogens with zero attached hydrogens (tertiary/aromatic N) is 7. The van der Waals surface area contributed by atoms with Crippen molar-refractivity contribution in [2.45, 2.75) is 38.8 Å². The van der Waals surface area contributed by atoms with Gasteiger partial charge in [0.25, 0.3) is 5.91 Å². The van der Waals surface area contributed by atoms with E-state index in [1.807, 2.05) is 31.2 Å². The van der Waals surface area contributed by atoms with Crippen LogP contribution in [0.15, 0.2) is 42.9 Å². The second-order valence-electron chi connectivity index (χ2n) is 7.94. The summed E-state index contributed by atoms with van der Waals surface area (Å²) in [5.41, 5.74) is 2.50. The highest BCUT2D eigenvalue weighted by Gasteiger charge is 2.30. The van der Waals surface area contributed by atoms with E-state index in [9.17, 15) is 13.6 Å². The fourth-order valence-electron chi connectivity index (χ4n) is 3.84. The largest absolute Gasteiger partial charge is 0.334 e. The molecule has 5 rings (SSSR count). The molecule has 164 valence electrons. The molecule has 0 bridgehead atoms. The van der Waals surface area contributed by atoms with Gasteiger partial charge in [0.15, 0.2) is 11.5 Å². The highest BCUT2D eigenvalue weighted by molar-refractivity contribution is 6.06. The molecule has 1 fully saturated rings. The Morgan fingerprint density at radius 1 is 1.25 bits per heavy atom. The van der Waals surface area contributed by atoms with Crippen molar-refractivity contribution in [1.82, 2.24) is 34.2 Å². The number of halogens is 2. The van der Waals surface area contributed by atoms with Crippen molar-refractivity contribution in [3.63, 3.8) is 0 Å². The van der Waals surface area contributed by atoms with Crippen molar-refractivity contribution >= 4 is 16.9 Å². The van der Waals surface area contributed by atoms with Crippen molar-refractivity contribution in [3.8, 4) is 5.82 Å². The molecule has 1 aliphatic rings. The van der Waals surface area contributed by atoms with E-state index in [4.69, 9.17) is 4.98 Å². The Labute approximate surface area is 182 Å². The first-order chi connectivity index (χ1) is 15.4. The van der Waals surface area contributed by atoms with Crippen LogP contribution in [-0.4, -0.2) is 47.2 Å². The van der Waals surface area contributed by atoms with E-state index >= 15 is 0 Å². The number of aromatic nitrogens is 6. The fraction of sp³-hybridized carbons (Fsp3) is 0.318. The molecule has 8 nitrogen and oxygen atoms in total. The number of hydrogen-bond donors (Lipinski definition) is 0. The summed E-state index contributed by atoms with van der Waals surface area (Å²) in [7, 11) is 1.58. The minimum absolute atomic E-state index is 0.0494. The standard InChI is InChI=1S/C22H21F2N7O/c1-13-19-15(21(32)29(2)12-18-26-9-10-30(18)22(23)24)11-16(14-6-7-14)27-20(19)31(28-13)17-5-3-4-8-25-17/h3-5,8-11,14,22H,6-7,12H2,1-2H3. The molecule has 32 heavy (non-hydrogen) atoms. The lowest BCUT2D eigenvalue weighted by Gasteiger charge is -2.19. The molecule has 4 aromatic rings. The van der Waals surface area contributed by atoms with Gasteiger partial charge in [-0.1, -0.05) is 6.07 Å². The van der Waals surface area contributed by atoms with Gasteiger partial charge < -0.3 is 4.90 Å². The van der Waals surface area contributed by atoms with Gasteiger partial charge in [0.1, 0.15) is 5.82 Å². The summed E-state index contributed by atoms with van der Waals surface area (Å²) in [6, 6.07) is 7.32. The van der Waals surface area contributed by atoms with Crippen LogP contribution in [0.25, 0.3) is 16.9 Å². The Morgan fingerprint density at radius 2 is 2.06 bits per heavy atom. The Balaban J connectivity index is 1.59. The van der Waals surface area contributed by atoms with Crippen molar-refractivity contribution in [2.24, 2.45) is 0 Å². The van der Waals surface area contributed by atoms with Crippen LogP contribution in [0.3, 0.4) is 0 Å². The summed E-state index contributed by atoms with van der Waals surface area (Å²) >= 11 is 0. The summed E-state index contributed by atoms with van der Waals surface area (Å²) in [5.74, 6) is 0.731. The van der Waals surface area contributed by atoms with Crippen LogP contribution >= 0.6 is 0 Å². The Kier molecular flexibility index (Phi) is 4.91. The van der Waals surface area contributed by atoms with E-state index in [-0.39, 0.29) is 18.3 Å². The van der Waals surface area contributed by atoms with Crippen LogP contribution in [0.2, 0.25) is 0 Å². The highest BCUT2D eigenvalue weighted by Crippen LogP contribution is 2.41. The fourth-order valence-corrected chi connectivity index (χ4v) is 3.84. The van der Waals surface area contributed by atoms with Gasteiger partial charge in [-0.2, -0.15) is 18.6 Å². The van der Waals surface area contributed by atoms with Crippen molar-refractivity contribution < 1.29 is 13.6 Å². The van der Waals surface area contributed by atoms with Crippen LogP contribution in [-0.2, 0) is 6.54 Å². The van der Waals surface area contributed by atoms with Gasteiger partial charge in [-0.15, -0.1) is 0 Å². The minimum Gasteiger partial charge on any atom is -0.334 e. The number of carbonyl (C=O) groups is 1. The molecule has 10 heteroatoms. The second kappa shape index (κ2) is 7.77. The van der Waals surface area contributed by atoms with Gasteiger partial charge in [-0.3, -0.25) is 9.36 Å². The average Bonchev–Trinajstić information content (AvgIpc) is 3.45. The van der Waals surface area contributed by atoms with E-state index in [0.29, 0.717) is 34.0 Å². The third-order valence-corrected chi connectivity index (χ3v) is 5.61. The van der Waals surface area contributed by atoms with E-state index in [0.717, 1.165) is 23.1 Å². The summed E-state index contributed by atoms with van der Waals surface area (Å²) < 4.78 is 28.8. The van der Waals surface area contributed by atoms with Gasteiger partial charge in [-0.25, -0.2) is 15.0 Å². The van der Waals surface area contributed by atoms with Gasteiger partial charge in [0.05, 0.1) is 23.2 Å². The van der Waals surface area contributed by atoms with Gasteiger partial charge in [0.2, 0.25) is 0 Å². The molecule has 0 spiro atoms. The number of alkyl halides is 2. The molecule has 1 saturated carbocycles. The normalized spacial score (nSPS) is 13.8. The monoisotopic (exact) mass is 437 g/mol. The van der Waals surface area contributed by atoms with E-state index in [2.05, 4.69) is 15.1 Å². The van der Waals surface area contributed by atoms with Crippen LogP contribution in [0, 0.1) is 6.92 Å². The average molecular weight is 437 g/mol. The molecule has 0 aromatic carbocycles. The Bertz CT molecular complexity index is 1290. The number of fused-ring (bicyclic) bond motifs is 1. The molecular weight excluding hydrogens is 416 g/mol. The Morgan fingerprint density at radius 3 is 2.75 bits per heavy atom. The lowest BCUT2D eigenvalue weighted by atomic mass is 10.1. The first kappa shape index (κ1) is 20.2. The topological polar surface area (TPSA) is 81.7 Å². The first-order valence-electron chi connectivity index (χ1n) is 10.3. The van der Waals surface area contributed by atoms with Gasteiger partial charge in [0, 0.05) is 37.3 Å². The summed E-state index contributed by atoms with van der Waals surface area (Å²) in [6.07, 6.45) is 6.22. The van der Waals surface area contributed by atoms with Crippen molar-refractivity contribution in [3.05, 3.63) is 65.6 Å². The summed E-state index contributed by atoms with van der Waals surface area (Å²) in [6.45, 7) is -0.948. The lowest BCUT2D eigenvalue weighted by Crippen LogP contribution is -2.28. The molecule has 4 aromatic heterocycles. The SMILES string of the molecule is Cc1nn(-c2ccccn2)c2nc(C3CC3)cc(C(=O)N(C)Cc3nccn3C(F)F)c12. The van der Waals surface area contributed by atoms with Gasteiger partial charge in [-0.05, 0) is 38.0 Å². The van der Waals surface area contributed by atoms with Crippen molar-refractivity contribution in [2.75, 3.05) is 7.05 Å². The predicted molar refractivity (Wildman–Crippen MR) is 113 cm³/mol. The summed E-state index contributed by atoms with van der Waals surface area (Å²) in [5, 5.41) is 5.24. The van der Waals surface area contributed by atoms with Crippen LogP contribution in [0.1, 0.15) is 52.9 Å². The molecule has 0 saturated heterocycles. The summed E-state index contributed by atoms with van der Waals surface area (Å²) in [4.78, 5) is 28.1. The molecule has 0 unspecified atom stereocenters. The van der Waals surface area contributed by atoms with Crippen LogP contribution in [0.4, 0.5) is 8.78 Å². The smallest absolute Gasteiger partial charge is 0.319 e. The van der Waals surface area contributed by atoms with E-state index < -0.39 is 6.55 Å². The molecule has 1 amide bonds. The molecular formula is C22H21F2N7O. The third kappa shape index (κ3) is 3.51. The van der Waals surface area contributed by atoms with Crippen LogP contribution in [0.5, 0.6) is 0 Å². The first-order valence-corrected chi connectivity index (χ1v) is 10.3. The molecule has 0 aliphatic heterocycles. The number of aryl methyl sites for hydroxylation is 1. The molecule has 1 aliphatic carbocycles. The number of amides is 1. The predicted octanol–water partition coefficient (Wildman–Crippen LogP) is 3.87. The zero-order valence-corrected chi connectivity index (χ0v) is 17.6. The zero-order valence-electron chi connectivity index (χ0n) is 17.6. The maximum atomic E-state index is 13.5. The minimum atomic E-state index is -2.72. The molecule has 0 radical (unpaired) electrons. The Hall–Kier alpha value is -3.69. The van der Waals surface area contributed by atoms with Crippen molar-refractivity contribution in [1.29, 1.82) is 0 Å². The molecule has 4 heterocycles. The van der Waals surface area contributed by atoms with E-state index in [1.165, 1.54) is 17.3 Å². The zero-order chi connectivity index (χ0) is 22.4. The third-order valence-electron chi connectivity index (χ3n) is 5.61. The molecule has 0 N–H and O–H groups in total. The number of rotatable bonds is 6. The number of hydrogen-bond acceptors (Lipinski definition) is 5. The lowest BCUT2D eigenvalue weighted by molar-refractivity contribution is 0.0613. The quantitative estimate of drug-likeness (QED) is 0.458. The van der Waals surface area contributed by atoms with E-state index in [1.54, 1.807) is 17.9 Å². The number of pyridine rings is 2. The maximum Gasteiger partial charge on any atom is 0.319 e.